The average Bonchev–Trinajstić information content (AvgIpc) is 2.87. The first kappa shape index (κ1) is 23.9. The molecular formula is C30H35NO3. The maximum absolute atomic E-state index is 9.82. The van der Waals surface area contributed by atoms with Gasteiger partial charge in [0.05, 0.1) is 0 Å². The zero-order valence-corrected chi connectivity index (χ0v) is 20.0. The van der Waals surface area contributed by atoms with Crippen molar-refractivity contribution in [2.24, 2.45) is 0 Å². The molecule has 0 radical (unpaired) electrons. The molecule has 0 amide bonds. The predicted molar refractivity (Wildman–Crippen MR) is 139 cm³/mol. The van der Waals surface area contributed by atoms with Crippen molar-refractivity contribution in [2.45, 2.75) is 39.0 Å². The molecule has 0 spiro atoms. The fraction of sp³-hybridized carbons (Fsp3) is 0.333. The van der Waals surface area contributed by atoms with Gasteiger partial charge in [-0.15, -0.1) is 0 Å². The summed E-state index contributed by atoms with van der Waals surface area (Å²) in [5.41, 5.74) is 5.57. The van der Waals surface area contributed by atoms with Gasteiger partial charge in [0.1, 0.15) is 23.9 Å². The number of benzene rings is 3. The third-order valence-electron chi connectivity index (χ3n) is 6.44. The van der Waals surface area contributed by atoms with Gasteiger partial charge in [0.15, 0.2) is 0 Å². The van der Waals surface area contributed by atoms with Crippen molar-refractivity contribution in [1.29, 1.82) is 0 Å². The number of phenolic OH excluding ortho intramolecular Hbond substituents is 2. The molecule has 2 N–H and O–H groups in total. The standard InChI is InChI=1S/C30H35NO3/c1-2-6-29(23-11-17-28(18-12-23)34-22-21-31-19-4-3-5-20-31)30(24-7-13-26(32)14-8-24)25-9-15-27(33)16-10-25/h7-18,32-33H,2-6,19-22H2,1H3. The molecule has 1 aliphatic rings. The number of rotatable bonds is 9. The molecule has 1 heterocycles. The van der Waals surface area contributed by atoms with Crippen molar-refractivity contribution in [3.8, 4) is 17.2 Å². The number of allylic oxidation sites excluding steroid dienone is 1. The Morgan fingerprint density at radius 2 is 1.26 bits per heavy atom. The second-order valence-electron chi connectivity index (χ2n) is 8.97. The van der Waals surface area contributed by atoms with E-state index in [2.05, 4.69) is 36.1 Å². The molecule has 0 unspecified atom stereocenters. The van der Waals surface area contributed by atoms with Gasteiger partial charge in [-0.3, -0.25) is 4.90 Å². The summed E-state index contributed by atoms with van der Waals surface area (Å²) in [5, 5.41) is 19.6. The second-order valence-corrected chi connectivity index (χ2v) is 8.97. The van der Waals surface area contributed by atoms with E-state index >= 15 is 0 Å². The Kier molecular flexibility index (Phi) is 8.26. The lowest BCUT2D eigenvalue weighted by Gasteiger charge is -2.26. The van der Waals surface area contributed by atoms with Crippen LogP contribution in [0.15, 0.2) is 72.8 Å². The SMILES string of the molecule is CCCC(=C(c1ccc(O)cc1)c1ccc(O)cc1)c1ccc(OCCN2CCCCC2)cc1. The Labute approximate surface area is 203 Å². The summed E-state index contributed by atoms with van der Waals surface area (Å²) < 4.78 is 6.05. The number of likely N-dealkylation sites (tertiary alicyclic amines) is 1. The summed E-state index contributed by atoms with van der Waals surface area (Å²) in [6.45, 7) is 6.25. The summed E-state index contributed by atoms with van der Waals surface area (Å²) >= 11 is 0. The summed E-state index contributed by atoms with van der Waals surface area (Å²) in [6, 6.07) is 23.1. The van der Waals surface area contributed by atoms with Gasteiger partial charge in [0, 0.05) is 6.54 Å². The molecule has 1 fully saturated rings. The first-order valence-corrected chi connectivity index (χ1v) is 12.4. The highest BCUT2D eigenvalue weighted by atomic mass is 16.5. The zero-order valence-electron chi connectivity index (χ0n) is 20.0. The Hall–Kier alpha value is -3.24. The van der Waals surface area contributed by atoms with E-state index in [4.69, 9.17) is 4.74 Å². The van der Waals surface area contributed by atoms with E-state index in [9.17, 15) is 10.2 Å². The Morgan fingerprint density at radius 3 is 1.79 bits per heavy atom. The van der Waals surface area contributed by atoms with Gasteiger partial charge in [-0.1, -0.05) is 56.2 Å². The lowest BCUT2D eigenvalue weighted by Crippen LogP contribution is -2.33. The Morgan fingerprint density at radius 1 is 0.735 bits per heavy atom. The molecule has 4 nitrogen and oxygen atoms in total. The van der Waals surface area contributed by atoms with Crippen LogP contribution in [0.2, 0.25) is 0 Å². The topological polar surface area (TPSA) is 52.9 Å². The van der Waals surface area contributed by atoms with Crippen LogP contribution in [0.5, 0.6) is 17.2 Å². The average molecular weight is 458 g/mol. The fourth-order valence-electron chi connectivity index (χ4n) is 4.66. The first-order valence-electron chi connectivity index (χ1n) is 12.4. The molecule has 4 heteroatoms. The molecule has 0 bridgehead atoms. The highest BCUT2D eigenvalue weighted by Crippen LogP contribution is 2.36. The molecular weight excluding hydrogens is 422 g/mol. The van der Waals surface area contributed by atoms with Crippen LogP contribution in [0.1, 0.15) is 55.7 Å². The van der Waals surface area contributed by atoms with E-state index in [0.717, 1.165) is 47.4 Å². The quantitative estimate of drug-likeness (QED) is 0.350. The summed E-state index contributed by atoms with van der Waals surface area (Å²) in [5.74, 6) is 1.39. The highest BCUT2D eigenvalue weighted by molar-refractivity contribution is 5.98. The molecule has 34 heavy (non-hydrogen) atoms. The van der Waals surface area contributed by atoms with Crippen molar-refractivity contribution in [3.63, 3.8) is 0 Å². The lowest BCUT2D eigenvalue weighted by molar-refractivity contribution is 0.183. The number of phenols is 2. The smallest absolute Gasteiger partial charge is 0.119 e. The molecule has 0 atom stereocenters. The fourth-order valence-corrected chi connectivity index (χ4v) is 4.66. The van der Waals surface area contributed by atoms with Crippen LogP contribution in [0.4, 0.5) is 0 Å². The first-order chi connectivity index (χ1) is 16.6. The van der Waals surface area contributed by atoms with Crippen LogP contribution < -0.4 is 4.74 Å². The number of hydrogen-bond acceptors (Lipinski definition) is 4. The minimum Gasteiger partial charge on any atom is -0.508 e. The maximum atomic E-state index is 9.82. The molecule has 178 valence electrons. The number of ether oxygens (including phenoxy) is 1. The molecule has 1 saturated heterocycles. The van der Waals surface area contributed by atoms with Crippen LogP contribution in [0.25, 0.3) is 11.1 Å². The molecule has 1 aliphatic heterocycles. The van der Waals surface area contributed by atoms with E-state index in [1.54, 1.807) is 24.3 Å². The van der Waals surface area contributed by atoms with Crippen molar-refractivity contribution < 1.29 is 14.9 Å². The largest absolute Gasteiger partial charge is 0.508 e. The highest BCUT2D eigenvalue weighted by Gasteiger charge is 2.15. The molecule has 4 rings (SSSR count). The number of nitrogens with zero attached hydrogens (tertiary/aromatic N) is 1. The van der Waals surface area contributed by atoms with Crippen LogP contribution in [-0.2, 0) is 0 Å². The summed E-state index contributed by atoms with van der Waals surface area (Å²) in [7, 11) is 0. The van der Waals surface area contributed by atoms with Gasteiger partial charge in [0.2, 0.25) is 0 Å². The van der Waals surface area contributed by atoms with Crippen molar-refractivity contribution in [1.82, 2.24) is 4.90 Å². The number of piperidine rings is 1. The zero-order chi connectivity index (χ0) is 23.8. The summed E-state index contributed by atoms with van der Waals surface area (Å²) in [6.07, 6.45) is 5.86. The van der Waals surface area contributed by atoms with Gasteiger partial charge in [0.25, 0.3) is 0 Å². The van der Waals surface area contributed by atoms with Crippen molar-refractivity contribution in [2.75, 3.05) is 26.2 Å². The van der Waals surface area contributed by atoms with Gasteiger partial charge in [-0.05, 0) is 96.6 Å². The third kappa shape index (κ3) is 6.21. The van der Waals surface area contributed by atoms with Crippen LogP contribution in [0, 0.1) is 0 Å². The number of aromatic hydroxyl groups is 2. The second kappa shape index (κ2) is 11.8. The van der Waals surface area contributed by atoms with Gasteiger partial charge < -0.3 is 14.9 Å². The normalized spacial score (nSPS) is 14.0. The van der Waals surface area contributed by atoms with Crippen molar-refractivity contribution in [3.05, 3.63) is 89.5 Å². The minimum absolute atomic E-state index is 0.247. The van der Waals surface area contributed by atoms with E-state index < -0.39 is 0 Å². The Balaban J connectivity index is 1.61. The molecule has 0 aliphatic carbocycles. The Bertz CT molecular complexity index is 1020. The molecule has 3 aromatic carbocycles. The number of hydrogen-bond donors (Lipinski definition) is 2. The van der Waals surface area contributed by atoms with Crippen LogP contribution in [0.3, 0.4) is 0 Å². The molecule has 3 aromatic rings. The van der Waals surface area contributed by atoms with Crippen LogP contribution >= 0.6 is 0 Å². The third-order valence-corrected chi connectivity index (χ3v) is 6.44. The minimum atomic E-state index is 0.247. The summed E-state index contributed by atoms with van der Waals surface area (Å²) in [4.78, 5) is 2.49. The maximum Gasteiger partial charge on any atom is 0.119 e. The predicted octanol–water partition coefficient (Wildman–Crippen LogP) is 6.72. The monoisotopic (exact) mass is 457 g/mol. The molecule has 0 saturated carbocycles. The van der Waals surface area contributed by atoms with E-state index in [1.165, 1.54) is 37.9 Å². The van der Waals surface area contributed by atoms with E-state index in [1.807, 2.05) is 24.3 Å². The van der Waals surface area contributed by atoms with Gasteiger partial charge >= 0.3 is 0 Å². The van der Waals surface area contributed by atoms with Gasteiger partial charge in [-0.25, -0.2) is 0 Å². The van der Waals surface area contributed by atoms with E-state index in [-0.39, 0.29) is 11.5 Å². The van der Waals surface area contributed by atoms with Crippen molar-refractivity contribution >= 4 is 11.1 Å². The van der Waals surface area contributed by atoms with Crippen LogP contribution in [-0.4, -0.2) is 41.4 Å². The molecule has 0 aromatic heterocycles. The lowest BCUT2D eigenvalue weighted by atomic mass is 9.87. The van der Waals surface area contributed by atoms with Gasteiger partial charge in [-0.2, -0.15) is 0 Å². The van der Waals surface area contributed by atoms with E-state index in [0.29, 0.717) is 6.61 Å².